The van der Waals surface area contributed by atoms with Crippen molar-refractivity contribution < 1.29 is 22.7 Å². The average Bonchev–Trinajstić information content (AvgIpc) is 2.85. The molecule has 194 valence electrons. The van der Waals surface area contributed by atoms with E-state index in [9.17, 15) is 23.2 Å². The van der Waals surface area contributed by atoms with Crippen molar-refractivity contribution in [2.24, 2.45) is 9.98 Å². The predicted molar refractivity (Wildman–Crippen MR) is 132 cm³/mol. The maximum absolute atomic E-state index is 13.2. The average molecular weight is 505 g/mol. The lowest BCUT2D eigenvalue weighted by Gasteiger charge is -2.41. The summed E-state index contributed by atoms with van der Waals surface area (Å²) in [7, 11) is 1.47. The molecule has 1 aromatic carbocycles. The third kappa shape index (κ3) is 7.23. The first kappa shape index (κ1) is 27.0. The van der Waals surface area contributed by atoms with Crippen molar-refractivity contribution in [1.82, 2.24) is 9.80 Å². The zero-order chi connectivity index (χ0) is 26.1. The molecule has 0 saturated carbocycles. The Bertz CT molecular complexity index is 1030. The molecule has 0 bridgehead atoms. The molecule has 0 spiro atoms. The second-order valence-corrected chi connectivity index (χ2v) is 8.61. The number of methoxy groups -OCH3 is 1. The molecule has 0 aliphatic carbocycles. The normalized spacial score (nSPS) is 19.6. The van der Waals surface area contributed by atoms with Crippen molar-refractivity contribution in [3.8, 4) is 6.07 Å². The minimum Gasteiger partial charge on any atom is -0.467 e. The smallest absolute Gasteiger partial charge is 0.393 e. The summed E-state index contributed by atoms with van der Waals surface area (Å²) in [5.41, 5.74) is 0.780. The van der Waals surface area contributed by atoms with E-state index in [4.69, 9.17) is 4.74 Å². The van der Waals surface area contributed by atoms with Gasteiger partial charge in [0.1, 0.15) is 5.84 Å². The topological polar surface area (TPSA) is 84.5 Å². The van der Waals surface area contributed by atoms with Crippen LogP contribution < -0.4 is 4.90 Å². The lowest BCUT2D eigenvalue weighted by atomic mass is 10.1. The summed E-state index contributed by atoms with van der Waals surface area (Å²) in [5, 5.41) is 9.27. The van der Waals surface area contributed by atoms with E-state index >= 15 is 0 Å². The zero-order valence-corrected chi connectivity index (χ0v) is 20.4. The number of nitrogens with zero attached hydrogens (tertiary/aromatic N) is 6. The third-order valence-electron chi connectivity index (χ3n) is 6.21. The summed E-state index contributed by atoms with van der Waals surface area (Å²) in [6, 6.07) is 8.62. The van der Waals surface area contributed by atoms with Crippen LogP contribution in [0.25, 0.3) is 0 Å². The molecule has 1 unspecified atom stereocenters. The third-order valence-corrected chi connectivity index (χ3v) is 6.21. The van der Waals surface area contributed by atoms with Gasteiger partial charge in [0.15, 0.2) is 0 Å². The van der Waals surface area contributed by atoms with Crippen molar-refractivity contribution >= 4 is 23.5 Å². The second kappa shape index (κ2) is 12.4. The van der Waals surface area contributed by atoms with Crippen LogP contribution in [-0.2, 0) is 16.0 Å². The molecule has 2 aliphatic heterocycles. The molecule has 11 heteroatoms. The van der Waals surface area contributed by atoms with Gasteiger partial charge < -0.3 is 19.4 Å². The molecule has 1 saturated heterocycles. The van der Waals surface area contributed by atoms with Crippen LogP contribution >= 0.6 is 0 Å². The summed E-state index contributed by atoms with van der Waals surface area (Å²) in [6.07, 6.45) is -2.68. The number of anilines is 1. The fourth-order valence-corrected chi connectivity index (χ4v) is 4.55. The number of benzene rings is 1. The van der Waals surface area contributed by atoms with Crippen LogP contribution in [0.2, 0.25) is 0 Å². The second-order valence-electron chi connectivity index (χ2n) is 8.61. The Morgan fingerprint density at radius 2 is 2.03 bits per heavy atom. The molecule has 0 radical (unpaired) electrons. The number of hydrogen-bond acceptors (Lipinski definition) is 7. The lowest BCUT2D eigenvalue weighted by molar-refractivity contribution is -0.130. The monoisotopic (exact) mass is 504 g/mol. The molecule has 1 amide bonds. The molecule has 36 heavy (non-hydrogen) atoms. The number of amidine groups is 2. The number of rotatable bonds is 4. The summed E-state index contributed by atoms with van der Waals surface area (Å²) in [6.45, 7) is 6.19. The molecule has 0 N–H and O–H groups in total. The number of amides is 1. The first-order valence-corrected chi connectivity index (χ1v) is 11.9. The summed E-state index contributed by atoms with van der Waals surface area (Å²) in [5.74, 6) is 0.504. The highest BCUT2D eigenvalue weighted by atomic mass is 19.4. The standard InChI is InChI=1S/C25H31F3N6O2/c1-3-23(35)34-16-15-33(18-20(34)10-11-29)22-9-6-13-32(14-12-30-24(31-22)36-2)21-8-5-4-7-19(21)17-25(26,27)28/h3-5,7-8,20H,1,6,9-10,12-18H2,2H3. The minimum atomic E-state index is -4.30. The van der Waals surface area contributed by atoms with E-state index in [-0.39, 0.29) is 30.0 Å². The van der Waals surface area contributed by atoms with E-state index < -0.39 is 12.6 Å². The molecule has 8 nitrogen and oxygen atoms in total. The van der Waals surface area contributed by atoms with E-state index in [1.165, 1.54) is 19.3 Å². The Kier molecular flexibility index (Phi) is 9.33. The highest BCUT2D eigenvalue weighted by Gasteiger charge is 2.32. The van der Waals surface area contributed by atoms with Crippen LogP contribution in [0, 0.1) is 11.3 Å². The van der Waals surface area contributed by atoms with Crippen LogP contribution in [0.5, 0.6) is 0 Å². The highest BCUT2D eigenvalue weighted by molar-refractivity contribution is 5.94. The zero-order valence-electron chi connectivity index (χ0n) is 20.4. The molecular weight excluding hydrogens is 473 g/mol. The van der Waals surface area contributed by atoms with Gasteiger partial charge >= 0.3 is 12.2 Å². The van der Waals surface area contributed by atoms with Crippen molar-refractivity contribution in [3.63, 3.8) is 0 Å². The Labute approximate surface area is 209 Å². The van der Waals surface area contributed by atoms with Gasteiger partial charge in [-0.3, -0.25) is 4.79 Å². The number of hydrogen-bond donors (Lipinski definition) is 0. The van der Waals surface area contributed by atoms with Gasteiger partial charge in [-0.2, -0.15) is 23.4 Å². The van der Waals surface area contributed by atoms with E-state index in [1.807, 2.05) is 9.80 Å². The van der Waals surface area contributed by atoms with E-state index in [0.717, 1.165) is 5.84 Å². The quantitative estimate of drug-likeness (QED) is 0.587. The number of nitriles is 1. The molecule has 1 fully saturated rings. The Morgan fingerprint density at radius 1 is 1.25 bits per heavy atom. The van der Waals surface area contributed by atoms with Crippen LogP contribution in [0.15, 0.2) is 46.9 Å². The number of aliphatic imine (C=N–C) groups is 2. The lowest BCUT2D eigenvalue weighted by Crippen LogP contribution is -2.56. The van der Waals surface area contributed by atoms with Gasteiger partial charge in [0.05, 0.1) is 38.6 Å². The van der Waals surface area contributed by atoms with Crippen LogP contribution in [0.3, 0.4) is 0 Å². The largest absolute Gasteiger partial charge is 0.467 e. The van der Waals surface area contributed by atoms with Crippen LogP contribution in [0.4, 0.5) is 18.9 Å². The SMILES string of the molecule is C=CC(=O)N1CCN(C2=NC(OC)=NCCN(c3ccccc3CC(F)(F)F)CCC2)CC1CC#N. The number of para-hydroxylation sites is 1. The molecule has 2 aliphatic rings. The highest BCUT2D eigenvalue weighted by Crippen LogP contribution is 2.29. The first-order valence-electron chi connectivity index (χ1n) is 11.9. The Morgan fingerprint density at radius 3 is 2.72 bits per heavy atom. The van der Waals surface area contributed by atoms with Crippen LogP contribution in [-0.4, -0.2) is 86.2 Å². The predicted octanol–water partition coefficient (Wildman–Crippen LogP) is 3.40. The number of alkyl halides is 3. The molecular formula is C25H31F3N6O2. The number of piperazine rings is 1. The molecule has 1 aromatic rings. The van der Waals surface area contributed by atoms with E-state index in [2.05, 4.69) is 22.6 Å². The number of carbonyl (C=O) groups is 1. The summed E-state index contributed by atoms with van der Waals surface area (Å²) < 4.78 is 44.9. The van der Waals surface area contributed by atoms with Gasteiger partial charge in [-0.15, -0.1) is 0 Å². The molecule has 3 rings (SSSR count). The summed E-state index contributed by atoms with van der Waals surface area (Å²) in [4.78, 5) is 26.9. The number of halogens is 3. The van der Waals surface area contributed by atoms with Gasteiger partial charge in [-0.25, -0.2) is 4.99 Å². The van der Waals surface area contributed by atoms with Crippen molar-refractivity contribution in [2.45, 2.75) is 37.9 Å². The molecule has 0 aromatic heterocycles. The van der Waals surface area contributed by atoms with Gasteiger partial charge in [-0.05, 0) is 24.1 Å². The van der Waals surface area contributed by atoms with Gasteiger partial charge in [0.2, 0.25) is 5.91 Å². The maximum Gasteiger partial charge on any atom is 0.393 e. The van der Waals surface area contributed by atoms with Crippen molar-refractivity contribution in [1.29, 1.82) is 5.26 Å². The van der Waals surface area contributed by atoms with Gasteiger partial charge in [0.25, 0.3) is 0 Å². The van der Waals surface area contributed by atoms with Crippen LogP contribution in [0.1, 0.15) is 24.8 Å². The van der Waals surface area contributed by atoms with Crippen molar-refractivity contribution in [3.05, 3.63) is 42.5 Å². The molecule has 1 atom stereocenters. The maximum atomic E-state index is 13.2. The number of carbonyl (C=O) groups excluding carboxylic acids is 1. The van der Waals surface area contributed by atoms with Gasteiger partial charge in [-0.1, -0.05) is 24.8 Å². The number of ether oxygens (including phenoxy) is 1. The molecule has 2 heterocycles. The van der Waals surface area contributed by atoms with Gasteiger partial charge in [0, 0.05) is 44.8 Å². The Hall–Kier alpha value is -3.55. The summed E-state index contributed by atoms with van der Waals surface area (Å²) >= 11 is 0. The fourth-order valence-electron chi connectivity index (χ4n) is 4.55. The van der Waals surface area contributed by atoms with Crippen molar-refractivity contribution in [2.75, 3.05) is 51.3 Å². The Balaban J connectivity index is 1.80. The van der Waals surface area contributed by atoms with E-state index in [0.29, 0.717) is 57.8 Å². The van der Waals surface area contributed by atoms with E-state index in [1.54, 1.807) is 23.1 Å². The first-order chi connectivity index (χ1) is 17.3. The fraction of sp³-hybridized carbons (Fsp3) is 0.520. The minimum absolute atomic E-state index is 0.179.